The molecule has 0 radical (unpaired) electrons. The molecule has 7 heteroatoms. The molecule has 0 unspecified atom stereocenters. The molecule has 182 valence electrons. The molecular weight excluding hydrogens is 443 g/mol. The number of alkyl halides is 3. The molecule has 0 spiro atoms. The number of unbranched alkanes of at least 4 members (excludes halogenated alkanes) is 1. The fourth-order valence-electron chi connectivity index (χ4n) is 3.32. The Balaban J connectivity index is 1.81. The first-order valence-corrected chi connectivity index (χ1v) is 11.1. The Morgan fingerprint density at radius 3 is 2.35 bits per heavy atom. The lowest BCUT2D eigenvalue weighted by atomic mass is 9.92. The number of benzene rings is 1. The van der Waals surface area contributed by atoms with Crippen molar-refractivity contribution in [3.63, 3.8) is 0 Å². The van der Waals surface area contributed by atoms with E-state index in [1.165, 1.54) is 36.8 Å². The minimum Gasteiger partial charge on any atom is -0.460 e. The van der Waals surface area contributed by atoms with E-state index in [1.54, 1.807) is 24.4 Å². The quantitative estimate of drug-likeness (QED) is 0.201. The maximum Gasteiger partial charge on any atom is 0.432 e. The molecule has 0 fully saturated rings. The molecule has 2 aromatic rings. The first kappa shape index (κ1) is 27.1. The Bertz CT molecular complexity index is 956. The molecule has 34 heavy (non-hydrogen) atoms. The summed E-state index contributed by atoms with van der Waals surface area (Å²) in [7, 11) is 0.851. The van der Waals surface area contributed by atoms with Crippen LogP contribution in [0.5, 0.6) is 0 Å². The number of esters is 1. The molecule has 1 aromatic carbocycles. The topological polar surface area (TPSA) is 48.4 Å². The Kier molecular flexibility index (Phi) is 10.7. The zero-order valence-electron chi connectivity index (χ0n) is 19.4. The van der Waals surface area contributed by atoms with Crippen molar-refractivity contribution < 1.29 is 27.4 Å². The molecule has 0 saturated heterocycles. The molecule has 1 aromatic heterocycles. The van der Waals surface area contributed by atoms with Gasteiger partial charge in [-0.3, -0.25) is 4.98 Å². The Morgan fingerprint density at radius 1 is 1.03 bits per heavy atom. The number of allylic oxidation sites excluding steroid dienone is 5. The van der Waals surface area contributed by atoms with Gasteiger partial charge in [-0.25, -0.2) is 4.79 Å². The third kappa shape index (κ3) is 7.70. The second-order valence-corrected chi connectivity index (χ2v) is 7.70. The average molecular weight is 474 g/mol. The molecule has 0 aliphatic heterocycles. The van der Waals surface area contributed by atoms with Crippen molar-refractivity contribution in [3.8, 4) is 0 Å². The smallest absolute Gasteiger partial charge is 0.432 e. The zero-order chi connectivity index (χ0) is 24.9. The van der Waals surface area contributed by atoms with Gasteiger partial charge in [0.1, 0.15) is 6.10 Å². The van der Waals surface area contributed by atoms with Gasteiger partial charge in [0.25, 0.3) is 5.60 Å². The van der Waals surface area contributed by atoms with E-state index < -0.39 is 23.9 Å². The maximum atomic E-state index is 13.9. The van der Waals surface area contributed by atoms with E-state index in [0.29, 0.717) is 0 Å². The summed E-state index contributed by atoms with van der Waals surface area (Å²) in [5, 5.41) is 0. The van der Waals surface area contributed by atoms with Crippen LogP contribution in [0.1, 0.15) is 37.3 Å². The lowest BCUT2D eigenvalue weighted by molar-refractivity contribution is -0.277. The number of nitrogens with zero attached hydrogens (tertiary/aromatic N) is 1. The molecular formula is C27H30F3NO3. The van der Waals surface area contributed by atoms with E-state index in [9.17, 15) is 18.0 Å². The van der Waals surface area contributed by atoms with Crippen LogP contribution in [-0.4, -0.2) is 30.3 Å². The number of halogens is 3. The van der Waals surface area contributed by atoms with Crippen LogP contribution >= 0.6 is 0 Å². The minimum atomic E-state index is -4.98. The highest BCUT2D eigenvalue weighted by molar-refractivity contribution is 5.82. The average Bonchev–Trinajstić information content (AvgIpc) is 2.81. The highest BCUT2D eigenvalue weighted by atomic mass is 19.4. The molecule has 2 atom stereocenters. The molecule has 0 aliphatic rings. The summed E-state index contributed by atoms with van der Waals surface area (Å²) in [6.07, 6.45) is 12.3. The van der Waals surface area contributed by atoms with Gasteiger partial charge in [-0.05, 0) is 37.8 Å². The van der Waals surface area contributed by atoms with E-state index in [4.69, 9.17) is 9.47 Å². The Hall–Kier alpha value is -3.19. The van der Waals surface area contributed by atoms with Crippen LogP contribution in [0, 0.1) is 0 Å². The van der Waals surface area contributed by atoms with Crippen LogP contribution in [0.25, 0.3) is 0 Å². The molecule has 0 amide bonds. The summed E-state index contributed by atoms with van der Waals surface area (Å²) >= 11 is 0. The second kappa shape index (κ2) is 13.5. The standard InChI is InChI=1S/C27H30F3NO3/c1-22(15-10-7-5-3-4-6-8-11-16-23-17-14-20-31-21-23)34-25(32)26(33-2,27(28,29)30)24-18-12-9-13-19-24/h3-7,9-10,12-14,17-22H,8,11,15-16H2,1-2H3/b5-3+,6-4+,10-7+/t22-,26-/m0/s1. The van der Waals surface area contributed by atoms with Crippen molar-refractivity contribution in [2.75, 3.05) is 7.11 Å². The zero-order valence-corrected chi connectivity index (χ0v) is 19.4. The van der Waals surface area contributed by atoms with Crippen LogP contribution in [-0.2, 0) is 26.3 Å². The van der Waals surface area contributed by atoms with Crippen LogP contribution in [0.15, 0.2) is 91.3 Å². The largest absolute Gasteiger partial charge is 0.460 e. The van der Waals surface area contributed by atoms with Crippen molar-refractivity contribution in [1.82, 2.24) is 4.98 Å². The molecule has 1 heterocycles. The van der Waals surface area contributed by atoms with Gasteiger partial charge in [0.2, 0.25) is 0 Å². The third-order valence-corrected chi connectivity index (χ3v) is 5.11. The van der Waals surface area contributed by atoms with E-state index in [1.807, 2.05) is 30.5 Å². The van der Waals surface area contributed by atoms with Gasteiger partial charge in [-0.15, -0.1) is 0 Å². The first-order chi connectivity index (χ1) is 16.3. The number of pyridine rings is 1. The molecule has 2 rings (SSSR count). The molecule has 0 N–H and O–H groups in total. The van der Waals surface area contributed by atoms with Gasteiger partial charge in [-0.1, -0.05) is 72.9 Å². The summed E-state index contributed by atoms with van der Waals surface area (Å²) in [6, 6.07) is 10.8. The van der Waals surface area contributed by atoms with Gasteiger partial charge in [-0.2, -0.15) is 13.2 Å². The van der Waals surface area contributed by atoms with Gasteiger partial charge >= 0.3 is 12.1 Å². The van der Waals surface area contributed by atoms with Crippen LogP contribution in [0.4, 0.5) is 13.2 Å². The van der Waals surface area contributed by atoms with Crippen molar-refractivity contribution >= 4 is 5.97 Å². The Morgan fingerprint density at radius 2 is 1.74 bits per heavy atom. The van der Waals surface area contributed by atoms with Crippen molar-refractivity contribution in [1.29, 1.82) is 0 Å². The number of ether oxygens (including phenoxy) is 2. The summed E-state index contributed by atoms with van der Waals surface area (Å²) in [5.74, 6) is -1.49. The van der Waals surface area contributed by atoms with Crippen LogP contribution in [0.3, 0.4) is 0 Å². The summed E-state index contributed by atoms with van der Waals surface area (Å²) in [6.45, 7) is 1.54. The number of aryl methyl sites for hydroxylation is 1. The molecule has 4 nitrogen and oxygen atoms in total. The maximum absolute atomic E-state index is 13.9. The van der Waals surface area contributed by atoms with Crippen LogP contribution in [0.2, 0.25) is 0 Å². The van der Waals surface area contributed by atoms with E-state index in [-0.39, 0.29) is 12.0 Å². The van der Waals surface area contributed by atoms with Crippen molar-refractivity contribution in [2.45, 2.75) is 50.5 Å². The van der Waals surface area contributed by atoms with Gasteiger partial charge in [0, 0.05) is 31.5 Å². The number of rotatable bonds is 12. The predicted molar refractivity (Wildman–Crippen MR) is 126 cm³/mol. The van der Waals surface area contributed by atoms with Gasteiger partial charge in [0.15, 0.2) is 0 Å². The van der Waals surface area contributed by atoms with E-state index >= 15 is 0 Å². The molecule has 0 saturated carbocycles. The van der Waals surface area contributed by atoms with Gasteiger partial charge in [0.05, 0.1) is 0 Å². The highest BCUT2D eigenvalue weighted by Gasteiger charge is 2.64. The highest BCUT2D eigenvalue weighted by Crippen LogP contribution is 2.43. The monoisotopic (exact) mass is 473 g/mol. The number of hydrogen-bond acceptors (Lipinski definition) is 4. The normalized spacial score (nSPS) is 15.1. The lowest BCUT2D eigenvalue weighted by Gasteiger charge is -2.33. The predicted octanol–water partition coefficient (Wildman–Crippen LogP) is 6.50. The Labute approximate surface area is 198 Å². The molecule has 0 bridgehead atoms. The van der Waals surface area contributed by atoms with Crippen molar-refractivity contribution in [3.05, 3.63) is 102 Å². The van der Waals surface area contributed by atoms with Gasteiger partial charge < -0.3 is 9.47 Å². The number of carbonyl (C=O) groups is 1. The first-order valence-electron chi connectivity index (χ1n) is 11.1. The van der Waals surface area contributed by atoms with E-state index in [0.717, 1.165) is 26.4 Å². The summed E-state index contributed by atoms with van der Waals surface area (Å²) in [4.78, 5) is 16.7. The number of carbonyl (C=O) groups excluding carboxylic acids is 1. The lowest BCUT2D eigenvalue weighted by Crippen LogP contribution is -2.52. The van der Waals surface area contributed by atoms with Crippen LogP contribution < -0.4 is 0 Å². The SMILES string of the molecule is CO[C@](C(=O)O[C@@H](C)C/C=C/C=C/C=C/CCCc1cccnc1)(c1ccccc1)C(F)(F)F. The van der Waals surface area contributed by atoms with E-state index in [2.05, 4.69) is 17.1 Å². The fraction of sp³-hybridized carbons (Fsp3) is 0.333. The molecule has 0 aliphatic carbocycles. The summed E-state index contributed by atoms with van der Waals surface area (Å²) < 4.78 is 51.5. The van der Waals surface area contributed by atoms with Crippen molar-refractivity contribution in [2.24, 2.45) is 0 Å². The third-order valence-electron chi connectivity index (χ3n) is 5.11. The second-order valence-electron chi connectivity index (χ2n) is 7.70. The minimum absolute atomic E-state index is 0.261. The number of methoxy groups -OCH3 is 1. The summed E-state index contributed by atoms with van der Waals surface area (Å²) in [5.41, 5.74) is -2.28. The number of hydrogen-bond donors (Lipinski definition) is 0. The number of aromatic nitrogens is 1. The fourth-order valence-corrected chi connectivity index (χ4v) is 3.32.